The van der Waals surface area contributed by atoms with E-state index in [1.54, 1.807) is 0 Å². The molecule has 0 spiro atoms. The SMILES string of the molecule is CCCCC1CCC(Cc2ccccc2)(Cc2ccccc2)CC1. The Morgan fingerprint density at radius 1 is 0.792 bits per heavy atom. The molecule has 1 aliphatic carbocycles. The highest BCUT2D eigenvalue weighted by Gasteiger charge is 2.35. The Balaban J connectivity index is 1.72. The van der Waals surface area contributed by atoms with Crippen molar-refractivity contribution in [2.75, 3.05) is 0 Å². The Labute approximate surface area is 148 Å². The predicted octanol–water partition coefficient (Wildman–Crippen LogP) is 6.84. The first-order valence-corrected chi connectivity index (χ1v) is 9.87. The van der Waals surface area contributed by atoms with E-state index in [9.17, 15) is 0 Å². The summed E-state index contributed by atoms with van der Waals surface area (Å²) in [5.74, 6) is 0.977. The van der Waals surface area contributed by atoms with Gasteiger partial charge >= 0.3 is 0 Å². The molecule has 2 aromatic rings. The molecule has 0 saturated heterocycles. The van der Waals surface area contributed by atoms with Crippen LogP contribution in [0, 0.1) is 11.3 Å². The summed E-state index contributed by atoms with van der Waals surface area (Å²) in [6, 6.07) is 22.3. The van der Waals surface area contributed by atoms with E-state index in [4.69, 9.17) is 0 Å². The summed E-state index contributed by atoms with van der Waals surface area (Å²) >= 11 is 0. The molecule has 0 heterocycles. The minimum atomic E-state index is 0.464. The van der Waals surface area contributed by atoms with Crippen LogP contribution in [-0.2, 0) is 12.8 Å². The van der Waals surface area contributed by atoms with Gasteiger partial charge in [-0.2, -0.15) is 0 Å². The highest BCUT2D eigenvalue weighted by molar-refractivity contribution is 5.21. The second-order valence-corrected chi connectivity index (χ2v) is 7.91. The van der Waals surface area contributed by atoms with Crippen molar-refractivity contribution in [3.63, 3.8) is 0 Å². The minimum absolute atomic E-state index is 0.464. The van der Waals surface area contributed by atoms with E-state index >= 15 is 0 Å². The van der Waals surface area contributed by atoms with E-state index in [1.165, 1.54) is 68.9 Å². The maximum Gasteiger partial charge on any atom is -0.0216 e. The topological polar surface area (TPSA) is 0 Å². The molecule has 0 aromatic heterocycles. The number of hydrogen-bond acceptors (Lipinski definition) is 0. The first-order valence-electron chi connectivity index (χ1n) is 9.87. The molecule has 128 valence electrons. The molecule has 1 fully saturated rings. The first-order chi connectivity index (χ1) is 11.8. The quantitative estimate of drug-likeness (QED) is 0.524. The summed E-state index contributed by atoms with van der Waals surface area (Å²) in [5.41, 5.74) is 3.49. The van der Waals surface area contributed by atoms with Gasteiger partial charge in [0.15, 0.2) is 0 Å². The summed E-state index contributed by atoms with van der Waals surface area (Å²) in [6.07, 6.45) is 12.3. The van der Waals surface area contributed by atoms with Crippen LogP contribution in [0.25, 0.3) is 0 Å². The fourth-order valence-electron chi connectivity index (χ4n) is 4.55. The Morgan fingerprint density at radius 3 is 1.75 bits per heavy atom. The zero-order chi connectivity index (χ0) is 16.7. The molecular formula is C24H32. The lowest BCUT2D eigenvalue weighted by atomic mass is 9.64. The van der Waals surface area contributed by atoms with Crippen molar-refractivity contribution in [1.29, 1.82) is 0 Å². The van der Waals surface area contributed by atoms with Crippen LogP contribution in [0.3, 0.4) is 0 Å². The standard InChI is InChI=1S/C24H32/c1-2-3-10-21-15-17-24(18-16-21,19-22-11-6-4-7-12-22)20-23-13-8-5-9-14-23/h4-9,11-14,21H,2-3,10,15-20H2,1H3. The lowest BCUT2D eigenvalue weighted by Gasteiger charge is -2.41. The summed E-state index contributed by atoms with van der Waals surface area (Å²) < 4.78 is 0. The van der Waals surface area contributed by atoms with Crippen molar-refractivity contribution in [1.82, 2.24) is 0 Å². The van der Waals surface area contributed by atoms with E-state index in [0.29, 0.717) is 5.41 Å². The Kier molecular flexibility index (Phi) is 6.12. The smallest absolute Gasteiger partial charge is 0.0216 e. The molecule has 0 aliphatic heterocycles. The van der Waals surface area contributed by atoms with Crippen LogP contribution in [0.5, 0.6) is 0 Å². The Hall–Kier alpha value is -1.56. The normalized spacial score (nSPS) is 17.7. The van der Waals surface area contributed by atoms with Crippen LogP contribution in [0.2, 0.25) is 0 Å². The van der Waals surface area contributed by atoms with Crippen LogP contribution < -0.4 is 0 Å². The lowest BCUT2D eigenvalue weighted by molar-refractivity contribution is 0.141. The summed E-state index contributed by atoms with van der Waals surface area (Å²) in [5, 5.41) is 0. The fraction of sp³-hybridized carbons (Fsp3) is 0.500. The van der Waals surface area contributed by atoms with Crippen molar-refractivity contribution < 1.29 is 0 Å². The highest BCUT2D eigenvalue weighted by Crippen LogP contribution is 2.45. The first kappa shape index (κ1) is 17.3. The van der Waals surface area contributed by atoms with Crippen molar-refractivity contribution >= 4 is 0 Å². The number of benzene rings is 2. The van der Waals surface area contributed by atoms with Gasteiger partial charge in [0.25, 0.3) is 0 Å². The third-order valence-electron chi connectivity index (χ3n) is 5.98. The second-order valence-electron chi connectivity index (χ2n) is 7.91. The molecule has 0 unspecified atom stereocenters. The third kappa shape index (κ3) is 4.72. The minimum Gasteiger partial charge on any atom is -0.0654 e. The van der Waals surface area contributed by atoms with Crippen LogP contribution in [0.4, 0.5) is 0 Å². The van der Waals surface area contributed by atoms with Gasteiger partial charge in [0.2, 0.25) is 0 Å². The van der Waals surface area contributed by atoms with Gasteiger partial charge < -0.3 is 0 Å². The zero-order valence-corrected chi connectivity index (χ0v) is 15.2. The Bertz CT molecular complexity index is 532. The van der Waals surface area contributed by atoms with Gasteiger partial charge in [-0.25, -0.2) is 0 Å². The predicted molar refractivity (Wildman–Crippen MR) is 104 cm³/mol. The largest absolute Gasteiger partial charge is 0.0654 e. The van der Waals surface area contributed by atoms with Gasteiger partial charge in [0.05, 0.1) is 0 Å². The molecular weight excluding hydrogens is 288 g/mol. The number of rotatable bonds is 7. The van der Waals surface area contributed by atoms with Gasteiger partial charge in [-0.15, -0.1) is 0 Å². The maximum atomic E-state index is 2.32. The van der Waals surface area contributed by atoms with Gasteiger partial charge in [-0.05, 0) is 61.0 Å². The maximum absolute atomic E-state index is 2.32. The van der Waals surface area contributed by atoms with Crippen molar-refractivity contribution in [3.05, 3.63) is 71.8 Å². The molecule has 0 heteroatoms. The molecule has 2 aromatic carbocycles. The molecule has 1 saturated carbocycles. The number of hydrogen-bond donors (Lipinski definition) is 0. The molecule has 0 radical (unpaired) electrons. The third-order valence-corrected chi connectivity index (χ3v) is 5.98. The average Bonchev–Trinajstić information content (AvgIpc) is 2.63. The van der Waals surface area contributed by atoms with Gasteiger partial charge in [0, 0.05) is 0 Å². The highest BCUT2D eigenvalue weighted by atomic mass is 14.4. The molecule has 0 bridgehead atoms. The molecule has 3 rings (SSSR count). The van der Waals surface area contributed by atoms with E-state index < -0.39 is 0 Å². The van der Waals surface area contributed by atoms with Crippen molar-refractivity contribution in [2.45, 2.75) is 64.7 Å². The van der Waals surface area contributed by atoms with Gasteiger partial charge in [-0.1, -0.05) is 86.8 Å². The summed E-state index contributed by atoms with van der Waals surface area (Å²) in [7, 11) is 0. The van der Waals surface area contributed by atoms with E-state index in [2.05, 4.69) is 67.6 Å². The second kappa shape index (κ2) is 8.51. The van der Waals surface area contributed by atoms with Gasteiger partial charge in [0.1, 0.15) is 0 Å². The van der Waals surface area contributed by atoms with E-state index in [0.717, 1.165) is 5.92 Å². The van der Waals surface area contributed by atoms with Crippen molar-refractivity contribution in [3.8, 4) is 0 Å². The molecule has 0 nitrogen and oxygen atoms in total. The zero-order valence-electron chi connectivity index (χ0n) is 15.2. The summed E-state index contributed by atoms with van der Waals surface area (Å²) in [6.45, 7) is 2.32. The molecule has 0 amide bonds. The van der Waals surface area contributed by atoms with E-state index in [1.807, 2.05) is 0 Å². The van der Waals surface area contributed by atoms with E-state index in [-0.39, 0.29) is 0 Å². The fourth-order valence-corrected chi connectivity index (χ4v) is 4.55. The average molecular weight is 321 g/mol. The van der Waals surface area contributed by atoms with Crippen LogP contribution >= 0.6 is 0 Å². The molecule has 24 heavy (non-hydrogen) atoms. The van der Waals surface area contributed by atoms with Crippen molar-refractivity contribution in [2.24, 2.45) is 11.3 Å². The van der Waals surface area contributed by atoms with Crippen LogP contribution in [0.15, 0.2) is 60.7 Å². The molecule has 1 aliphatic rings. The van der Waals surface area contributed by atoms with Gasteiger partial charge in [-0.3, -0.25) is 0 Å². The van der Waals surface area contributed by atoms with Crippen LogP contribution in [0.1, 0.15) is 63.0 Å². The molecule has 0 atom stereocenters. The lowest BCUT2D eigenvalue weighted by Crippen LogP contribution is -2.32. The number of unbranched alkanes of at least 4 members (excludes halogenated alkanes) is 1. The Morgan fingerprint density at radius 2 is 1.29 bits per heavy atom. The summed E-state index contributed by atoms with van der Waals surface area (Å²) in [4.78, 5) is 0. The monoisotopic (exact) mass is 320 g/mol. The molecule has 0 N–H and O–H groups in total. The van der Waals surface area contributed by atoms with Crippen LogP contribution in [-0.4, -0.2) is 0 Å².